The molecule has 7 nitrogen and oxygen atoms in total. The number of rotatable bonds is 5. The van der Waals surface area contributed by atoms with Crippen LogP contribution in [0.3, 0.4) is 0 Å². The zero-order valence-electron chi connectivity index (χ0n) is 14.7. The minimum absolute atomic E-state index is 0.0472. The fourth-order valence-electron chi connectivity index (χ4n) is 2.98. The first-order chi connectivity index (χ1) is 13.1. The Morgan fingerprint density at radius 1 is 1.26 bits per heavy atom. The Morgan fingerprint density at radius 3 is 2.81 bits per heavy atom. The predicted octanol–water partition coefficient (Wildman–Crippen LogP) is 2.53. The Morgan fingerprint density at radius 2 is 2.07 bits per heavy atom. The molecule has 27 heavy (non-hydrogen) atoms. The summed E-state index contributed by atoms with van der Waals surface area (Å²) < 4.78 is 7.04. The van der Waals surface area contributed by atoms with Crippen molar-refractivity contribution in [2.75, 3.05) is 17.2 Å². The topological polar surface area (TPSA) is 80.4 Å². The number of hydrogen-bond donors (Lipinski definition) is 1. The lowest BCUT2D eigenvalue weighted by Crippen LogP contribution is -2.43. The molecule has 0 bridgehead atoms. The van der Waals surface area contributed by atoms with Gasteiger partial charge in [0.05, 0.1) is 35.6 Å². The molecule has 0 spiro atoms. The number of nitrogens with one attached hydrogen (secondary N) is 1. The molecule has 3 aromatic rings. The summed E-state index contributed by atoms with van der Waals surface area (Å²) in [6, 6.07) is 13.3. The average Bonchev–Trinajstić information content (AvgIpc) is 3.31. The molecule has 0 aliphatic carbocycles. The molecule has 138 valence electrons. The maximum absolute atomic E-state index is 12.5. The molecular formula is C19H18N4O3S. The van der Waals surface area contributed by atoms with Gasteiger partial charge in [0, 0.05) is 0 Å². The highest BCUT2D eigenvalue weighted by Crippen LogP contribution is 2.39. The van der Waals surface area contributed by atoms with E-state index >= 15 is 0 Å². The molecule has 0 radical (unpaired) electrons. The van der Waals surface area contributed by atoms with E-state index in [9.17, 15) is 9.59 Å². The van der Waals surface area contributed by atoms with Gasteiger partial charge in [0.15, 0.2) is 0 Å². The van der Waals surface area contributed by atoms with Crippen molar-refractivity contribution < 1.29 is 14.0 Å². The summed E-state index contributed by atoms with van der Waals surface area (Å²) in [6.45, 7) is 2.09. The number of aromatic nitrogens is 2. The number of furan rings is 1. The van der Waals surface area contributed by atoms with Gasteiger partial charge in [-0.3, -0.25) is 14.5 Å². The Labute approximate surface area is 160 Å². The number of nitrogens with zero attached hydrogens (tertiary/aromatic N) is 3. The van der Waals surface area contributed by atoms with Crippen LogP contribution in [0.4, 0.5) is 5.69 Å². The third-order valence-electron chi connectivity index (χ3n) is 4.23. The van der Waals surface area contributed by atoms with E-state index in [0.29, 0.717) is 17.1 Å². The van der Waals surface area contributed by atoms with Crippen LogP contribution in [0.25, 0.3) is 5.69 Å². The van der Waals surface area contributed by atoms with Crippen LogP contribution in [0, 0.1) is 6.92 Å². The highest BCUT2D eigenvalue weighted by atomic mass is 32.2. The van der Waals surface area contributed by atoms with Crippen LogP contribution >= 0.6 is 11.8 Å². The second-order valence-electron chi connectivity index (χ2n) is 6.11. The Bertz CT molecular complexity index is 967. The van der Waals surface area contributed by atoms with Gasteiger partial charge in [0.25, 0.3) is 0 Å². The minimum atomic E-state index is -0.246. The van der Waals surface area contributed by atoms with E-state index in [1.807, 2.05) is 41.9 Å². The van der Waals surface area contributed by atoms with Crippen molar-refractivity contribution in [1.82, 2.24) is 15.1 Å². The van der Waals surface area contributed by atoms with E-state index in [0.717, 1.165) is 10.7 Å². The van der Waals surface area contributed by atoms with E-state index in [-0.39, 0.29) is 30.7 Å². The molecule has 0 unspecified atom stereocenters. The fraction of sp³-hybridized carbons (Fsp3) is 0.211. The number of carbonyl (C=O) groups is 2. The van der Waals surface area contributed by atoms with E-state index in [4.69, 9.17) is 4.42 Å². The Kier molecular flexibility index (Phi) is 4.72. The highest BCUT2D eigenvalue weighted by Gasteiger charge is 2.32. The Hall–Kier alpha value is -3.00. The van der Waals surface area contributed by atoms with Gasteiger partial charge in [-0.1, -0.05) is 30.0 Å². The van der Waals surface area contributed by atoms with Crippen LogP contribution in [0.1, 0.15) is 11.5 Å². The number of anilines is 1. The van der Waals surface area contributed by atoms with E-state index < -0.39 is 0 Å². The molecule has 3 heterocycles. The molecule has 4 rings (SSSR count). The number of hydrogen-bond acceptors (Lipinski definition) is 5. The molecule has 1 N–H and O–H groups in total. The van der Waals surface area contributed by atoms with Gasteiger partial charge in [0.1, 0.15) is 17.3 Å². The normalized spacial score (nSPS) is 13.5. The molecule has 1 aliphatic heterocycles. The van der Waals surface area contributed by atoms with E-state index in [1.165, 1.54) is 16.7 Å². The largest absolute Gasteiger partial charge is 0.467 e. The van der Waals surface area contributed by atoms with Crippen molar-refractivity contribution in [2.45, 2.75) is 18.5 Å². The number of fused-ring (bicyclic) bond motifs is 1. The number of carbonyl (C=O) groups excluding carboxylic acids is 2. The van der Waals surface area contributed by atoms with Gasteiger partial charge in [-0.2, -0.15) is 5.10 Å². The zero-order valence-corrected chi connectivity index (χ0v) is 15.5. The lowest BCUT2D eigenvalue weighted by molar-refractivity contribution is -0.123. The lowest BCUT2D eigenvalue weighted by Gasteiger charge is -2.26. The van der Waals surface area contributed by atoms with Gasteiger partial charge >= 0.3 is 0 Å². The van der Waals surface area contributed by atoms with Crippen molar-refractivity contribution in [2.24, 2.45) is 0 Å². The van der Waals surface area contributed by atoms with Gasteiger partial charge in [-0.25, -0.2) is 4.68 Å². The van der Waals surface area contributed by atoms with Crippen molar-refractivity contribution in [3.05, 3.63) is 60.2 Å². The van der Waals surface area contributed by atoms with E-state index in [2.05, 4.69) is 10.4 Å². The number of thioether (sulfide) groups is 1. The first-order valence-corrected chi connectivity index (χ1v) is 9.49. The first kappa shape index (κ1) is 17.4. The summed E-state index contributed by atoms with van der Waals surface area (Å²) in [5.41, 5.74) is 2.34. The second kappa shape index (κ2) is 7.32. The summed E-state index contributed by atoms with van der Waals surface area (Å²) in [7, 11) is 0. The molecule has 0 fully saturated rings. The first-order valence-electron chi connectivity index (χ1n) is 8.51. The lowest BCUT2D eigenvalue weighted by atomic mass is 10.3. The number of benzene rings is 1. The third kappa shape index (κ3) is 3.48. The summed E-state index contributed by atoms with van der Waals surface area (Å²) in [5, 5.41) is 8.25. The van der Waals surface area contributed by atoms with Gasteiger partial charge in [-0.15, -0.1) is 0 Å². The van der Waals surface area contributed by atoms with Crippen molar-refractivity contribution in [1.29, 1.82) is 0 Å². The summed E-state index contributed by atoms with van der Waals surface area (Å²) in [5.74, 6) is 0.592. The SMILES string of the molecule is Cc1nn(-c2ccccc2)c2c1N(CC(=O)NCc1ccco1)C(=O)CS2. The second-order valence-corrected chi connectivity index (χ2v) is 7.08. The smallest absolute Gasteiger partial charge is 0.240 e. The van der Waals surface area contributed by atoms with Crippen molar-refractivity contribution in [3.8, 4) is 5.69 Å². The predicted molar refractivity (Wildman–Crippen MR) is 102 cm³/mol. The van der Waals surface area contributed by atoms with E-state index in [1.54, 1.807) is 18.4 Å². The summed E-state index contributed by atoms with van der Waals surface area (Å²) in [6.07, 6.45) is 1.56. The number of amides is 2. The zero-order chi connectivity index (χ0) is 18.8. The van der Waals surface area contributed by atoms with Crippen LogP contribution in [0.15, 0.2) is 58.2 Å². The van der Waals surface area contributed by atoms with Crippen LogP contribution in [-0.4, -0.2) is 33.9 Å². The summed E-state index contributed by atoms with van der Waals surface area (Å²) in [4.78, 5) is 26.4. The molecule has 8 heteroatoms. The van der Waals surface area contributed by atoms with Crippen molar-refractivity contribution in [3.63, 3.8) is 0 Å². The molecule has 1 aromatic carbocycles. The number of para-hydroxylation sites is 1. The minimum Gasteiger partial charge on any atom is -0.467 e. The monoisotopic (exact) mass is 382 g/mol. The van der Waals surface area contributed by atoms with Crippen LogP contribution in [-0.2, 0) is 16.1 Å². The molecule has 0 saturated carbocycles. The standard InChI is InChI=1S/C19H18N4O3S/c1-13-18-19(23(21-13)14-6-3-2-4-7-14)27-12-17(25)22(18)11-16(24)20-10-15-8-5-9-26-15/h2-9H,10-12H2,1H3,(H,20,24). The van der Waals surface area contributed by atoms with Gasteiger partial charge < -0.3 is 9.73 Å². The van der Waals surface area contributed by atoms with Crippen LogP contribution in [0.5, 0.6) is 0 Å². The van der Waals surface area contributed by atoms with Crippen LogP contribution in [0.2, 0.25) is 0 Å². The van der Waals surface area contributed by atoms with Crippen molar-refractivity contribution >= 4 is 29.3 Å². The molecule has 0 atom stereocenters. The summed E-state index contributed by atoms with van der Waals surface area (Å²) >= 11 is 1.44. The molecule has 0 saturated heterocycles. The maximum atomic E-state index is 12.5. The number of aryl methyl sites for hydroxylation is 1. The van der Waals surface area contributed by atoms with Crippen LogP contribution < -0.4 is 10.2 Å². The third-order valence-corrected chi connectivity index (χ3v) is 5.26. The quantitative estimate of drug-likeness (QED) is 0.733. The molecule has 1 aliphatic rings. The highest BCUT2D eigenvalue weighted by molar-refractivity contribution is 8.00. The molecule has 2 amide bonds. The molecular weight excluding hydrogens is 364 g/mol. The maximum Gasteiger partial charge on any atom is 0.240 e. The molecule has 2 aromatic heterocycles. The van der Waals surface area contributed by atoms with Gasteiger partial charge in [-0.05, 0) is 31.2 Å². The average molecular weight is 382 g/mol. The fourth-order valence-corrected chi connectivity index (χ4v) is 4.06. The van der Waals surface area contributed by atoms with Gasteiger partial charge in [0.2, 0.25) is 11.8 Å². The Balaban J connectivity index is 1.57.